The maximum atomic E-state index is 13.8. The van der Waals surface area contributed by atoms with Gasteiger partial charge >= 0.3 is 18.5 Å². The van der Waals surface area contributed by atoms with Crippen LogP contribution in [-0.4, -0.2) is 10.2 Å². The predicted molar refractivity (Wildman–Crippen MR) is 133 cm³/mol. The lowest BCUT2D eigenvalue weighted by molar-refractivity contribution is -0.174. The third kappa shape index (κ3) is 4.62. The molecule has 0 radical (unpaired) electrons. The van der Waals surface area contributed by atoms with E-state index in [4.69, 9.17) is 4.42 Å². The molecule has 0 aliphatic rings. The second-order valence-corrected chi connectivity index (χ2v) is 9.23. The monoisotopic (exact) mass is 576 g/mol. The molecule has 0 saturated carbocycles. The van der Waals surface area contributed by atoms with Crippen molar-refractivity contribution in [2.24, 2.45) is 0 Å². The van der Waals surface area contributed by atoms with Crippen molar-refractivity contribution in [2.45, 2.75) is 18.5 Å². The van der Waals surface area contributed by atoms with E-state index in [9.17, 15) is 39.5 Å². The summed E-state index contributed by atoms with van der Waals surface area (Å²) in [5.41, 5.74) is -8.43. The van der Waals surface area contributed by atoms with Crippen molar-refractivity contribution in [1.29, 1.82) is 0 Å². The van der Waals surface area contributed by atoms with Crippen LogP contribution in [-0.2, 0) is 18.5 Å². The Morgan fingerprint density at radius 3 is 1.51 bits per heavy atom. The largest absolute Gasteiger partial charge is 0.454 e. The molecule has 2 heterocycles. The number of benzene rings is 4. The molecule has 12 heteroatoms. The van der Waals surface area contributed by atoms with Gasteiger partial charge < -0.3 is 4.42 Å². The molecule has 0 aliphatic carbocycles. The summed E-state index contributed by atoms with van der Waals surface area (Å²) < 4.78 is 130. The molecule has 4 aromatic carbocycles. The SMILES string of the molecule is FC(F)(F)c1cc(-c2nnc(-c3cc4ccccc4o3)c3cc4ccccc4cc23)cc(C(F)(F)F)c1C(F)(F)F. The van der Waals surface area contributed by atoms with Crippen molar-refractivity contribution >= 4 is 32.5 Å². The normalized spacial score (nSPS) is 13.0. The van der Waals surface area contributed by atoms with Gasteiger partial charge in [0.25, 0.3) is 0 Å². The number of nitrogens with zero attached hydrogens (tertiary/aromatic N) is 2. The van der Waals surface area contributed by atoms with E-state index in [-0.39, 0.29) is 34.4 Å². The van der Waals surface area contributed by atoms with Crippen LogP contribution < -0.4 is 0 Å². The summed E-state index contributed by atoms with van der Waals surface area (Å²) in [6.45, 7) is 0. The first-order valence-electron chi connectivity index (χ1n) is 11.8. The number of furan rings is 1. The molecule has 0 bridgehead atoms. The summed E-state index contributed by atoms with van der Waals surface area (Å²) in [5, 5.41) is 10.3. The molecule has 208 valence electrons. The second kappa shape index (κ2) is 8.95. The van der Waals surface area contributed by atoms with Gasteiger partial charge in [-0.3, -0.25) is 0 Å². The van der Waals surface area contributed by atoms with Crippen LogP contribution in [0.2, 0.25) is 0 Å². The molecule has 0 N–H and O–H groups in total. The fourth-order valence-electron chi connectivity index (χ4n) is 4.87. The zero-order valence-corrected chi connectivity index (χ0v) is 20.2. The first-order chi connectivity index (χ1) is 19.2. The number of hydrogen-bond donors (Lipinski definition) is 0. The van der Waals surface area contributed by atoms with Crippen LogP contribution in [0.5, 0.6) is 0 Å². The number of hydrogen-bond acceptors (Lipinski definition) is 3. The van der Waals surface area contributed by atoms with Gasteiger partial charge in [-0.25, -0.2) is 0 Å². The molecule has 2 aromatic heterocycles. The first-order valence-corrected chi connectivity index (χ1v) is 11.8. The number of halogens is 9. The van der Waals surface area contributed by atoms with Gasteiger partial charge in [-0.05, 0) is 47.2 Å². The van der Waals surface area contributed by atoms with Crippen molar-refractivity contribution in [1.82, 2.24) is 10.2 Å². The highest BCUT2D eigenvalue weighted by Gasteiger charge is 2.50. The zero-order valence-electron chi connectivity index (χ0n) is 20.2. The highest BCUT2D eigenvalue weighted by atomic mass is 19.4. The van der Waals surface area contributed by atoms with Crippen molar-refractivity contribution < 1.29 is 43.9 Å². The van der Waals surface area contributed by atoms with E-state index in [0.717, 1.165) is 0 Å². The third-order valence-corrected chi connectivity index (χ3v) is 6.61. The minimum atomic E-state index is -5.94. The number of para-hydroxylation sites is 1. The van der Waals surface area contributed by atoms with E-state index in [1.54, 1.807) is 60.7 Å². The summed E-state index contributed by atoms with van der Waals surface area (Å²) in [6, 6.07) is 18.6. The van der Waals surface area contributed by atoms with E-state index >= 15 is 0 Å². The first kappa shape index (κ1) is 26.6. The molecule has 0 aliphatic heterocycles. The highest BCUT2D eigenvalue weighted by Crippen LogP contribution is 2.49. The van der Waals surface area contributed by atoms with E-state index in [2.05, 4.69) is 10.2 Å². The minimum Gasteiger partial charge on any atom is -0.454 e. The van der Waals surface area contributed by atoms with Crippen molar-refractivity contribution in [3.05, 3.63) is 95.6 Å². The molecule has 6 aromatic rings. The summed E-state index contributed by atoms with van der Waals surface area (Å²) in [5.74, 6) is 0.227. The lowest BCUT2D eigenvalue weighted by atomic mass is 9.92. The van der Waals surface area contributed by atoms with E-state index in [1.165, 1.54) is 6.07 Å². The third-order valence-electron chi connectivity index (χ3n) is 6.61. The van der Waals surface area contributed by atoms with Crippen LogP contribution in [0.15, 0.2) is 83.3 Å². The Morgan fingerprint density at radius 2 is 1.00 bits per heavy atom. The van der Waals surface area contributed by atoms with Gasteiger partial charge in [0.05, 0.1) is 16.7 Å². The molecular weight excluding hydrogens is 563 g/mol. The number of fused-ring (bicyclic) bond motifs is 3. The van der Waals surface area contributed by atoms with Crippen molar-refractivity contribution in [3.63, 3.8) is 0 Å². The van der Waals surface area contributed by atoms with Gasteiger partial charge in [0, 0.05) is 21.7 Å². The molecule has 3 nitrogen and oxygen atoms in total. The van der Waals surface area contributed by atoms with Crippen LogP contribution in [0.4, 0.5) is 39.5 Å². The number of alkyl halides is 9. The van der Waals surface area contributed by atoms with E-state index < -0.39 is 46.5 Å². The summed E-state index contributed by atoms with van der Waals surface area (Å²) in [4.78, 5) is 0. The van der Waals surface area contributed by atoms with E-state index in [0.29, 0.717) is 21.7 Å². The highest BCUT2D eigenvalue weighted by molar-refractivity contribution is 6.08. The van der Waals surface area contributed by atoms with Gasteiger partial charge in [-0.2, -0.15) is 39.5 Å². The molecular formula is C29H13F9N2O. The summed E-state index contributed by atoms with van der Waals surface area (Å²) in [6.07, 6.45) is -17.5. The van der Waals surface area contributed by atoms with E-state index in [1.807, 2.05) is 0 Å². The maximum Gasteiger partial charge on any atom is 0.417 e. The van der Waals surface area contributed by atoms with Crippen molar-refractivity contribution in [3.8, 4) is 22.7 Å². The average molecular weight is 576 g/mol. The molecule has 0 amide bonds. The average Bonchev–Trinajstić information content (AvgIpc) is 3.33. The smallest absolute Gasteiger partial charge is 0.417 e. The van der Waals surface area contributed by atoms with Gasteiger partial charge in [0.15, 0.2) is 5.76 Å². The van der Waals surface area contributed by atoms with Gasteiger partial charge in [-0.15, -0.1) is 10.2 Å². The maximum absolute atomic E-state index is 13.8. The van der Waals surface area contributed by atoms with Gasteiger partial charge in [0.2, 0.25) is 0 Å². The van der Waals surface area contributed by atoms with Gasteiger partial charge in [0.1, 0.15) is 17.0 Å². The van der Waals surface area contributed by atoms with Crippen LogP contribution in [0, 0.1) is 0 Å². The zero-order chi connectivity index (χ0) is 29.3. The summed E-state index contributed by atoms with van der Waals surface area (Å²) >= 11 is 0. The van der Waals surface area contributed by atoms with Crippen LogP contribution in [0.1, 0.15) is 16.7 Å². The molecule has 0 saturated heterocycles. The van der Waals surface area contributed by atoms with Crippen molar-refractivity contribution in [2.75, 3.05) is 0 Å². The fourth-order valence-corrected chi connectivity index (χ4v) is 4.87. The van der Waals surface area contributed by atoms with Crippen LogP contribution in [0.25, 0.3) is 55.2 Å². The molecule has 6 rings (SSSR count). The Hall–Kier alpha value is -4.61. The molecule has 0 spiro atoms. The standard InChI is InChI=1S/C29H13F9N2O/c30-27(31,32)20-11-17(12-21(28(33,34)35)24(20)29(36,37)38)25-18-9-14-5-1-2-6-15(14)10-19(18)26(40-39-25)23-13-16-7-3-4-8-22(16)41-23/h1-13H. The molecule has 0 fully saturated rings. The predicted octanol–water partition coefficient (Wildman–Crippen LogP) is 9.92. The summed E-state index contributed by atoms with van der Waals surface area (Å²) in [7, 11) is 0. The molecule has 41 heavy (non-hydrogen) atoms. The lowest BCUT2D eigenvalue weighted by Gasteiger charge is -2.22. The van der Waals surface area contributed by atoms with Crippen LogP contribution in [0.3, 0.4) is 0 Å². The topological polar surface area (TPSA) is 38.9 Å². The Bertz CT molecular complexity index is 1900. The Kier molecular flexibility index (Phi) is 5.81. The molecule has 0 atom stereocenters. The second-order valence-electron chi connectivity index (χ2n) is 9.23. The quantitative estimate of drug-likeness (QED) is 0.152. The Balaban J connectivity index is 1.71. The number of aromatic nitrogens is 2. The number of rotatable bonds is 2. The Morgan fingerprint density at radius 1 is 0.512 bits per heavy atom. The minimum absolute atomic E-state index is 0.0254. The molecule has 0 unspecified atom stereocenters. The Labute approximate surface area is 223 Å². The fraction of sp³-hybridized carbons (Fsp3) is 0.103. The van der Waals surface area contributed by atoms with Gasteiger partial charge in [-0.1, -0.05) is 42.5 Å². The lowest BCUT2D eigenvalue weighted by Crippen LogP contribution is -2.23. The van der Waals surface area contributed by atoms with Crippen LogP contribution >= 0.6 is 0 Å².